The number of hydrogen-bond donors (Lipinski definition) is 2. The minimum atomic E-state index is -1.03. The predicted octanol–water partition coefficient (Wildman–Crippen LogP) is 2.46. The predicted molar refractivity (Wildman–Crippen MR) is 73.6 cm³/mol. The number of H-pyrrole nitrogens is 1. The summed E-state index contributed by atoms with van der Waals surface area (Å²) in [5.41, 5.74) is 0.893. The molecule has 5 nitrogen and oxygen atoms in total. The van der Waals surface area contributed by atoms with Crippen molar-refractivity contribution in [1.82, 2.24) is 9.55 Å². The molecule has 102 valence electrons. The molecule has 0 bridgehead atoms. The molecule has 0 aliphatic carbocycles. The number of para-hydroxylation sites is 1. The smallest absolute Gasteiger partial charge is 0.337 e. The summed E-state index contributed by atoms with van der Waals surface area (Å²) in [5.74, 6) is -1.03. The fourth-order valence-electron chi connectivity index (χ4n) is 2.06. The number of imidazole rings is 1. The average molecular weight is 262 g/mol. The monoisotopic (exact) mass is 262 g/mol. The number of fused-ring (bicyclic) bond motifs is 1. The van der Waals surface area contributed by atoms with Crippen LogP contribution >= 0.6 is 0 Å². The van der Waals surface area contributed by atoms with E-state index in [1.807, 2.05) is 0 Å². The second-order valence-corrected chi connectivity index (χ2v) is 5.54. The number of nitrogens with one attached hydrogen (secondary N) is 1. The summed E-state index contributed by atoms with van der Waals surface area (Å²) < 4.78 is 1.62. The number of aromatic carboxylic acids is 1. The number of carboxylic acid groups (broad SMARTS) is 1. The Hall–Kier alpha value is -2.04. The van der Waals surface area contributed by atoms with Crippen LogP contribution in [0.4, 0.5) is 0 Å². The van der Waals surface area contributed by atoms with Crippen molar-refractivity contribution in [1.29, 1.82) is 0 Å². The van der Waals surface area contributed by atoms with Gasteiger partial charge >= 0.3 is 11.7 Å². The van der Waals surface area contributed by atoms with E-state index in [2.05, 4.69) is 25.8 Å². The van der Waals surface area contributed by atoms with Gasteiger partial charge in [-0.1, -0.05) is 26.8 Å². The van der Waals surface area contributed by atoms with E-state index in [9.17, 15) is 9.59 Å². The number of benzene rings is 1. The lowest BCUT2D eigenvalue weighted by atomic mass is 9.90. The van der Waals surface area contributed by atoms with Crippen LogP contribution in [-0.2, 0) is 6.54 Å². The number of hydrogen-bond acceptors (Lipinski definition) is 2. The van der Waals surface area contributed by atoms with E-state index >= 15 is 0 Å². The second kappa shape index (κ2) is 4.57. The SMILES string of the molecule is CCC(C)(C)Cn1c(=O)[nH]c2c(C(=O)O)cccc21. The summed E-state index contributed by atoms with van der Waals surface area (Å²) in [6.07, 6.45) is 0.935. The zero-order chi connectivity index (χ0) is 14.2. The number of aromatic amines is 1. The number of carbonyl (C=O) groups is 1. The summed E-state index contributed by atoms with van der Waals surface area (Å²) in [5, 5.41) is 9.13. The molecule has 5 heteroatoms. The van der Waals surface area contributed by atoms with Crippen molar-refractivity contribution in [3.05, 3.63) is 34.2 Å². The van der Waals surface area contributed by atoms with Crippen molar-refractivity contribution >= 4 is 17.0 Å². The molecule has 0 aliphatic heterocycles. The van der Waals surface area contributed by atoms with E-state index in [1.165, 1.54) is 6.07 Å². The van der Waals surface area contributed by atoms with Gasteiger partial charge < -0.3 is 10.1 Å². The third-order valence-electron chi connectivity index (χ3n) is 3.58. The highest BCUT2D eigenvalue weighted by Crippen LogP contribution is 2.24. The van der Waals surface area contributed by atoms with Gasteiger partial charge in [0.1, 0.15) is 0 Å². The molecule has 19 heavy (non-hydrogen) atoms. The summed E-state index contributed by atoms with van der Waals surface area (Å²) in [6.45, 7) is 6.80. The summed E-state index contributed by atoms with van der Waals surface area (Å²) in [6, 6.07) is 4.93. The summed E-state index contributed by atoms with van der Waals surface area (Å²) >= 11 is 0. The van der Waals surface area contributed by atoms with Crippen LogP contribution < -0.4 is 5.69 Å². The molecule has 0 radical (unpaired) electrons. The highest BCUT2D eigenvalue weighted by atomic mass is 16.4. The van der Waals surface area contributed by atoms with Gasteiger partial charge in [0.25, 0.3) is 0 Å². The van der Waals surface area contributed by atoms with Crippen LogP contribution in [0.1, 0.15) is 37.6 Å². The van der Waals surface area contributed by atoms with Crippen LogP contribution in [0.5, 0.6) is 0 Å². The number of carboxylic acids is 1. The van der Waals surface area contributed by atoms with Crippen LogP contribution in [-0.4, -0.2) is 20.6 Å². The van der Waals surface area contributed by atoms with E-state index in [0.717, 1.165) is 6.42 Å². The van der Waals surface area contributed by atoms with E-state index in [4.69, 9.17) is 5.11 Å². The lowest BCUT2D eigenvalue weighted by Gasteiger charge is -2.22. The molecule has 0 aliphatic rings. The van der Waals surface area contributed by atoms with Gasteiger partial charge in [0.15, 0.2) is 0 Å². The molecule has 0 amide bonds. The number of nitrogens with zero attached hydrogens (tertiary/aromatic N) is 1. The van der Waals surface area contributed by atoms with Gasteiger partial charge in [-0.2, -0.15) is 0 Å². The molecule has 0 saturated heterocycles. The standard InChI is InChI=1S/C14H18N2O3/c1-4-14(2,3)8-16-10-7-5-6-9(12(17)18)11(10)15-13(16)19/h5-7H,4,8H2,1-3H3,(H,15,19)(H,17,18). The van der Waals surface area contributed by atoms with Crippen molar-refractivity contribution in [3.8, 4) is 0 Å². The first kappa shape index (κ1) is 13.4. The molecule has 2 rings (SSSR count). The highest BCUT2D eigenvalue weighted by molar-refractivity contribution is 6.00. The molecule has 0 saturated carbocycles. The fraction of sp³-hybridized carbons (Fsp3) is 0.429. The maximum absolute atomic E-state index is 12.0. The molecule has 0 atom stereocenters. The maximum Gasteiger partial charge on any atom is 0.337 e. The molecule has 2 N–H and O–H groups in total. The Kier molecular flexibility index (Phi) is 3.22. The Morgan fingerprint density at radius 2 is 2.11 bits per heavy atom. The van der Waals surface area contributed by atoms with Crippen molar-refractivity contribution in [3.63, 3.8) is 0 Å². The third-order valence-corrected chi connectivity index (χ3v) is 3.58. The molecule has 2 aromatic rings. The first-order valence-corrected chi connectivity index (χ1v) is 6.30. The summed E-state index contributed by atoms with van der Waals surface area (Å²) in [4.78, 5) is 25.8. The second-order valence-electron chi connectivity index (χ2n) is 5.54. The van der Waals surface area contributed by atoms with Crippen LogP contribution in [0, 0.1) is 5.41 Å². The van der Waals surface area contributed by atoms with Crippen LogP contribution in [0.15, 0.2) is 23.0 Å². The van der Waals surface area contributed by atoms with Gasteiger partial charge in [0.05, 0.1) is 16.6 Å². The van der Waals surface area contributed by atoms with E-state index in [0.29, 0.717) is 17.6 Å². The summed E-state index contributed by atoms with van der Waals surface area (Å²) in [7, 11) is 0. The molecule has 0 unspecified atom stereocenters. The molecule has 1 heterocycles. The maximum atomic E-state index is 12.0. The first-order chi connectivity index (χ1) is 8.85. The van der Waals surface area contributed by atoms with E-state index < -0.39 is 5.97 Å². The van der Waals surface area contributed by atoms with Crippen LogP contribution in [0.3, 0.4) is 0 Å². The van der Waals surface area contributed by atoms with E-state index in [1.54, 1.807) is 16.7 Å². The lowest BCUT2D eigenvalue weighted by molar-refractivity contribution is 0.0699. The Bertz CT molecular complexity index is 680. The average Bonchev–Trinajstić information content (AvgIpc) is 2.65. The molecule has 1 aromatic heterocycles. The normalized spacial score (nSPS) is 11.9. The lowest BCUT2D eigenvalue weighted by Crippen LogP contribution is -2.26. The fourth-order valence-corrected chi connectivity index (χ4v) is 2.06. The van der Waals surface area contributed by atoms with Gasteiger partial charge in [-0.25, -0.2) is 9.59 Å². The van der Waals surface area contributed by atoms with Gasteiger partial charge in [-0.15, -0.1) is 0 Å². The topological polar surface area (TPSA) is 75.1 Å². The van der Waals surface area contributed by atoms with Gasteiger partial charge in [0.2, 0.25) is 0 Å². The van der Waals surface area contributed by atoms with Crippen molar-refractivity contribution in [2.75, 3.05) is 0 Å². The van der Waals surface area contributed by atoms with E-state index in [-0.39, 0.29) is 16.7 Å². The molecular weight excluding hydrogens is 244 g/mol. The molecule has 1 aromatic carbocycles. The Labute approximate surface area is 110 Å². The first-order valence-electron chi connectivity index (χ1n) is 6.30. The molecular formula is C14H18N2O3. The Morgan fingerprint density at radius 1 is 1.42 bits per heavy atom. The molecule has 0 spiro atoms. The largest absolute Gasteiger partial charge is 0.478 e. The van der Waals surface area contributed by atoms with Gasteiger partial charge in [-0.05, 0) is 24.0 Å². The van der Waals surface area contributed by atoms with Crippen LogP contribution in [0.25, 0.3) is 11.0 Å². The zero-order valence-electron chi connectivity index (χ0n) is 11.4. The van der Waals surface area contributed by atoms with Crippen molar-refractivity contribution in [2.45, 2.75) is 33.7 Å². The quantitative estimate of drug-likeness (QED) is 0.888. The Morgan fingerprint density at radius 3 is 2.68 bits per heavy atom. The molecule has 0 fully saturated rings. The van der Waals surface area contributed by atoms with Crippen LogP contribution in [0.2, 0.25) is 0 Å². The Balaban J connectivity index is 2.64. The van der Waals surface area contributed by atoms with Gasteiger partial charge in [-0.3, -0.25) is 4.57 Å². The van der Waals surface area contributed by atoms with Gasteiger partial charge in [0, 0.05) is 6.54 Å². The minimum Gasteiger partial charge on any atom is -0.478 e. The zero-order valence-corrected chi connectivity index (χ0v) is 11.4. The minimum absolute atomic E-state index is 0.0157. The van der Waals surface area contributed by atoms with Crippen molar-refractivity contribution in [2.24, 2.45) is 5.41 Å². The number of aromatic nitrogens is 2. The van der Waals surface area contributed by atoms with Crippen molar-refractivity contribution < 1.29 is 9.90 Å². The third kappa shape index (κ3) is 2.41. The highest BCUT2D eigenvalue weighted by Gasteiger charge is 2.20. The number of rotatable bonds is 4.